The smallest absolute Gasteiger partial charge is 0.289 e. The van der Waals surface area contributed by atoms with Crippen LogP contribution in [0.2, 0.25) is 0 Å². The molecule has 1 spiro atoms. The van der Waals surface area contributed by atoms with Crippen LogP contribution in [0.3, 0.4) is 0 Å². The lowest BCUT2D eigenvalue weighted by Crippen LogP contribution is -2.83. The summed E-state index contributed by atoms with van der Waals surface area (Å²) in [5.74, 6) is -2.81. The standard InChI is InChI=1S/C43H55N5O6S/c1-4-20-44-40(52)36(49)32(23-27-12-10-13-27)45-39(51)35-31(26(2)3)17-21-47(35)41(53)34(30-24-28-14-6-7-15-29(28)25-30)48-42(54)37(43(48)18-8-5-9-19-43)46-38(50)33-16-11-22-55-33/h4,6-7,11,14-16,22,26-27,30-32,34-35,37H,1,5,8-10,12-13,17-21,23-25H2,2-3H3,(H,44,52)(H,45,51)(H,46,50)/t31?,32?,34-,35-,37?/m0/s1. The number of fused-ring (bicyclic) bond motifs is 1. The molecule has 5 atom stereocenters. The van der Waals surface area contributed by atoms with Crippen LogP contribution in [-0.4, -0.2) is 87.9 Å². The SMILES string of the molecule is C=CCNC(=O)C(=O)C(CC1CCC1)NC(=O)[C@@H]1C(C(C)C)CCN1C(=O)[C@H](C1Cc2ccccc2C1)N1C(=O)C(NC(=O)c2cccs2)C12CCCCC2. The number of rotatable bonds is 14. The van der Waals surface area contributed by atoms with Gasteiger partial charge in [0.15, 0.2) is 0 Å². The van der Waals surface area contributed by atoms with Crippen molar-refractivity contribution in [3.8, 4) is 0 Å². The van der Waals surface area contributed by atoms with E-state index in [0.717, 1.165) is 49.7 Å². The van der Waals surface area contributed by atoms with Gasteiger partial charge < -0.3 is 25.8 Å². The van der Waals surface area contributed by atoms with Gasteiger partial charge in [0.05, 0.1) is 16.5 Å². The number of carbonyl (C=O) groups excluding carboxylic acids is 6. The van der Waals surface area contributed by atoms with E-state index < -0.39 is 47.3 Å². The topological polar surface area (TPSA) is 145 Å². The summed E-state index contributed by atoms with van der Waals surface area (Å²) in [5, 5.41) is 10.5. The number of likely N-dealkylation sites (tertiary alicyclic amines) is 2. The minimum atomic E-state index is -1.01. The molecule has 5 aliphatic rings. The molecule has 1 aromatic carbocycles. The van der Waals surface area contributed by atoms with E-state index in [2.05, 4.69) is 34.7 Å². The molecule has 3 unspecified atom stereocenters. The van der Waals surface area contributed by atoms with Crippen LogP contribution in [0.1, 0.15) is 98.9 Å². The summed E-state index contributed by atoms with van der Waals surface area (Å²) in [7, 11) is 0. The van der Waals surface area contributed by atoms with Gasteiger partial charge in [-0.3, -0.25) is 28.8 Å². The van der Waals surface area contributed by atoms with E-state index in [1.165, 1.54) is 17.4 Å². The van der Waals surface area contributed by atoms with Gasteiger partial charge in [0, 0.05) is 13.1 Å². The average molecular weight is 770 g/mol. The van der Waals surface area contributed by atoms with Gasteiger partial charge in [-0.2, -0.15) is 0 Å². The van der Waals surface area contributed by atoms with Crippen molar-refractivity contribution in [1.29, 1.82) is 0 Å². The first-order chi connectivity index (χ1) is 26.5. The second kappa shape index (κ2) is 16.4. The summed E-state index contributed by atoms with van der Waals surface area (Å²) in [6.07, 6.45) is 10.7. The van der Waals surface area contributed by atoms with Crippen LogP contribution in [0.5, 0.6) is 0 Å². The maximum Gasteiger partial charge on any atom is 0.289 e. The highest BCUT2D eigenvalue weighted by atomic mass is 32.1. The molecule has 12 heteroatoms. The first-order valence-corrected chi connectivity index (χ1v) is 21.2. The molecule has 294 valence electrons. The Kier molecular flexibility index (Phi) is 11.6. The molecule has 3 N–H and O–H groups in total. The van der Waals surface area contributed by atoms with E-state index in [4.69, 9.17) is 0 Å². The first kappa shape index (κ1) is 38.9. The Hall–Kier alpha value is -4.32. The molecular weight excluding hydrogens is 715 g/mol. The van der Waals surface area contributed by atoms with E-state index in [9.17, 15) is 24.0 Å². The van der Waals surface area contributed by atoms with Crippen molar-refractivity contribution in [1.82, 2.24) is 25.8 Å². The summed E-state index contributed by atoms with van der Waals surface area (Å²) in [5.41, 5.74) is 1.59. The zero-order valence-electron chi connectivity index (χ0n) is 32.1. The minimum absolute atomic E-state index is 0.0478. The summed E-state index contributed by atoms with van der Waals surface area (Å²) in [4.78, 5) is 88.5. The molecular formula is C43H55N5O6S. The Morgan fingerprint density at radius 1 is 0.964 bits per heavy atom. The zero-order valence-corrected chi connectivity index (χ0v) is 32.9. The molecule has 2 saturated carbocycles. The quantitative estimate of drug-likeness (QED) is 0.146. The van der Waals surface area contributed by atoms with Gasteiger partial charge in [-0.1, -0.05) is 88.8 Å². The molecule has 2 aromatic rings. The van der Waals surface area contributed by atoms with Crippen molar-refractivity contribution in [2.45, 2.75) is 121 Å². The molecule has 0 radical (unpaired) electrons. The molecule has 4 fully saturated rings. The van der Waals surface area contributed by atoms with Crippen molar-refractivity contribution in [3.05, 3.63) is 70.4 Å². The second-order valence-corrected chi connectivity index (χ2v) is 17.7. The van der Waals surface area contributed by atoms with Gasteiger partial charge in [0.1, 0.15) is 18.1 Å². The summed E-state index contributed by atoms with van der Waals surface area (Å²) in [6.45, 7) is 8.18. The Balaban J connectivity index is 1.21. The van der Waals surface area contributed by atoms with Crippen LogP contribution in [0.25, 0.3) is 0 Å². The number of hydrogen-bond donors (Lipinski definition) is 3. The molecule has 2 saturated heterocycles. The molecule has 3 heterocycles. The summed E-state index contributed by atoms with van der Waals surface area (Å²) >= 11 is 1.33. The predicted molar refractivity (Wildman–Crippen MR) is 210 cm³/mol. The van der Waals surface area contributed by atoms with Crippen molar-refractivity contribution < 1.29 is 28.8 Å². The lowest BCUT2D eigenvalue weighted by molar-refractivity contribution is -0.183. The molecule has 7 rings (SSSR count). The zero-order chi connectivity index (χ0) is 38.9. The van der Waals surface area contributed by atoms with Gasteiger partial charge in [0.25, 0.3) is 11.8 Å². The van der Waals surface area contributed by atoms with Crippen LogP contribution < -0.4 is 16.0 Å². The third kappa shape index (κ3) is 7.50. The van der Waals surface area contributed by atoms with E-state index in [1.807, 2.05) is 42.3 Å². The molecule has 0 bridgehead atoms. The van der Waals surface area contributed by atoms with Crippen LogP contribution in [-0.2, 0) is 36.8 Å². The average Bonchev–Trinajstić information content (AvgIpc) is 3.96. The highest BCUT2D eigenvalue weighted by Gasteiger charge is 2.65. The number of benzene rings is 1. The fraction of sp³-hybridized carbons (Fsp3) is 0.581. The van der Waals surface area contributed by atoms with Crippen LogP contribution in [0.15, 0.2) is 54.4 Å². The highest BCUT2D eigenvalue weighted by Crippen LogP contribution is 2.49. The molecule has 2 aliphatic heterocycles. The molecule has 55 heavy (non-hydrogen) atoms. The lowest BCUT2D eigenvalue weighted by Gasteiger charge is -2.62. The van der Waals surface area contributed by atoms with Crippen molar-refractivity contribution >= 4 is 46.7 Å². The van der Waals surface area contributed by atoms with Crippen molar-refractivity contribution in [2.75, 3.05) is 13.1 Å². The predicted octanol–water partition coefficient (Wildman–Crippen LogP) is 4.59. The monoisotopic (exact) mass is 769 g/mol. The normalized spacial score (nSPS) is 24.4. The Morgan fingerprint density at radius 2 is 1.67 bits per heavy atom. The van der Waals surface area contributed by atoms with Gasteiger partial charge in [-0.05, 0) is 84.8 Å². The van der Waals surface area contributed by atoms with E-state index in [-0.39, 0.29) is 47.9 Å². The van der Waals surface area contributed by atoms with Crippen LogP contribution in [0.4, 0.5) is 0 Å². The Bertz CT molecular complexity index is 1770. The minimum Gasteiger partial charge on any atom is -0.346 e. The number of thiophene rings is 1. The summed E-state index contributed by atoms with van der Waals surface area (Å²) in [6, 6.07) is 8.26. The maximum atomic E-state index is 15.5. The molecule has 11 nitrogen and oxygen atoms in total. The first-order valence-electron chi connectivity index (χ1n) is 20.3. The Labute approximate surface area is 328 Å². The number of hydrogen-bond acceptors (Lipinski definition) is 7. The Morgan fingerprint density at radius 3 is 2.27 bits per heavy atom. The largest absolute Gasteiger partial charge is 0.346 e. The number of nitrogens with one attached hydrogen (secondary N) is 3. The van der Waals surface area contributed by atoms with Crippen LogP contribution >= 0.6 is 11.3 Å². The van der Waals surface area contributed by atoms with E-state index in [1.54, 1.807) is 11.0 Å². The third-order valence-electron chi connectivity index (χ3n) is 13.2. The summed E-state index contributed by atoms with van der Waals surface area (Å²) < 4.78 is 0. The van der Waals surface area contributed by atoms with Gasteiger partial charge in [-0.15, -0.1) is 17.9 Å². The van der Waals surface area contributed by atoms with E-state index in [0.29, 0.717) is 49.9 Å². The fourth-order valence-corrected chi connectivity index (χ4v) is 10.8. The number of Topliss-reactive ketones (excluding diaryl/α,β-unsaturated/α-hetero) is 1. The number of β-lactam (4-membered cyclic amide) rings is 1. The van der Waals surface area contributed by atoms with Gasteiger partial charge in [0.2, 0.25) is 23.5 Å². The number of nitrogens with zero attached hydrogens (tertiary/aromatic N) is 2. The second-order valence-electron chi connectivity index (χ2n) is 16.8. The lowest BCUT2D eigenvalue weighted by atomic mass is 9.66. The number of ketones is 1. The fourth-order valence-electron chi connectivity index (χ4n) is 10.1. The van der Waals surface area contributed by atoms with Crippen molar-refractivity contribution in [2.24, 2.45) is 23.7 Å². The van der Waals surface area contributed by atoms with Crippen molar-refractivity contribution in [3.63, 3.8) is 0 Å². The van der Waals surface area contributed by atoms with Gasteiger partial charge in [-0.25, -0.2) is 0 Å². The van der Waals surface area contributed by atoms with E-state index >= 15 is 4.79 Å². The highest BCUT2D eigenvalue weighted by molar-refractivity contribution is 7.12. The molecule has 5 amide bonds. The maximum absolute atomic E-state index is 15.5. The number of carbonyl (C=O) groups is 6. The van der Waals surface area contributed by atoms with Gasteiger partial charge >= 0.3 is 0 Å². The molecule has 3 aliphatic carbocycles. The molecule has 1 aromatic heterocycles. The van der Waals surface area contributed by atoms with Crippen LogP contribution in [0, 0.1) is 23.7 Å². The third-order valence-corrected chi connectivity index (χ3v) is 14.1. The number of amides is 5.